The molecule has 9 heteroatoms. The molecule has 1 aliphatic carbocycles. The van der Waals surface area contributed by atoms with Gasteiger partial charge in [-0.3, -0.25) is 9.59 Å². The van der Waals surface area contributed by atoms with Crippen molar-refractivity contribution < 1.29 is 9.59 Å². The summed E-state index contributed by atoms with van der Waals surface area (Å²) in [7, 11) is 0. The van der Waals surface area contributed by atoms with Gasteiger partial charge >= 0.3 is 0 Å². The number of H-pyrrole nitrogens is 1. The van der Waals surface area contributed by atoms with E-state index in [2.05, 4.69) is 15.6 Å². The van der Waals surface area contributed by atoms with Gasteiger partial charge in [0.1, 0.15) is 0 Å². The minimum atomic E-state index is -0.156. The number of hydrogen-bond donors (Lipinski definition) is 3. The number of piperidine rings is 1. The molecule has 0 radical (unpaired) electrons. The normalized spacial score (nSPS) is 18.4. The van der Waals surface area contributed by atoms with Crippen molar-refractivity contribution in [2.45, 2.75) is 62.3 Å². The first kappa shape index (κ1) is 27.5. The summed E-state index contributed by atoms with van der Waals surface area (Å²) in [5, 5.41) is 7.94. The number of anilines is 1. The fourth-order valence-corrected chi connectivity index (χ4v) is 7.28. The average molecular weight is 596 g/mol. The largest absolute Gasteiger partial charge is 0.358 e. The van der Waals surface area contributed by atoms with Crippen LogP contribution in [0.4, 0.5) is 5.69 Å². The maximum absolute atomic E-state index is 13.5. The molecule has 0 unspecified atom stereocenters. The third-order valence-electron chi connectivity index (χ3n) is 8.03. The molecule has 3 N–H and O–H groups in total. The van der Waals surface area contributed by atoms with E-state index >= 15 is 0 Å². The number of likely N-dealkylation sites (tertiary alicyclic amines) is 1. The Balaban J connectivity index is 1.21. The van der Waals surface area contributed by atoms with Crippen LogP contribution in [0.2, 0.25) is 10.0 Å². The van der Waals surface area contributed by atoms with E-state index in [-0.39, 0.29) is 11.8 Å². The third kappa shape index (κ3) is 5.57. The number of aryl methyl sites for hydroxylation is 1. The van der Waals surface area contributed by atoms with Crippen LogP contribution in [-0.2, 0) is 10.5 Å². The zero-order chi connectivity index (χ0) is 28.0. The number of rotatable bonds is 7. The molecule has 2 aliphatic heterocycles. The molecule has 2 aromatic carbocycles. The van der Waals surface area contributed by atoms with E-state index < -0.39 is 0 Å². The predicted molar refractivity (Wildman–Crippen MR) is 164 cm³/mol. The predicted octanol–water partition coefficient (Wildman–Crippen LogP) is 7.08. The van der Waals surface area contributed by atoms with Gasteiger partial charge in [-0.15, -0.1) is 11.8 Å². The Kier molecular flexibility index (Phi) is 7.75. The summed E-state index contributed by atoms with van der Waals surface area (Å²) in [5.41, 5.74) is 6.26. The lowest BCUT2D eigenvalue weighted by atomic mass is 10.0. The molecule has 2 fully saturated rings. The lowest BCUT2D eigenvalue weighted by Gasteiger charge is -2.32. The molecule has 1 aromatic heterocycles. The quantitative estimate of drug-likeness (QED) is 0.202. The summed E-state index contributed by atoms with van der Waals surface area (Å²) in [6.45, 7) is 5.41. The monoisotopic (exact) mass is 594 g/mol. The van der Waals surface area contributed by atoms with Gasteiger partial charge in [0.2, 0.25) is 0 Å². The SMILES string of the molecule is Cc1[nH]c(/C=C2\C(=O)Nc3ccc(SCc4c(Cl)cccc4Cl)cc32)c(C)c1C(=O)N1CCC(NC2CC2)CC1. The number of thioether (sulfide) groups is 1. The van der Waals surface area contributed by atoms with Crippen LogP contribution in [0.3, 0.4) is 0 Å². The minimum absolute atomic E-state index is 0.0639. The Morgan fingerprint density at radius 3 is 2.48 bits per heavy atom. The van der Waals surface area contributed by atoms with E-state index in [1.807, 2.05) is 61.2 Å². The van der Waals surface area contributed by atoms with Crippen LogP contribution in [0.5, 0.6) is 0 Å². The maximum atomic E-state index is 13.5. The molecule has 208 valence electrons. The van der Waals surface area contributed by atoms with Crippen LogP contribution in [-0.4, -0.2) is 46.9 Å². The van der Waals surface area contributed by atoms with Gasteiger partial charge in [0.15, 0.2) is 0 Å². The number of fused-ring (bicyclic) bond motifs is 1. The first-order chi connectivity index (χ1) is 19.3. The lowest BCUT2D eigenvalue weighted by Crippen LogP contribution is -2.45. The highest BCUT2D eigenvalue weighted by molar-refractivity contribution is 7.98. The van der Waals surface area contributed by atoms with Crippen LogP contribution in [0.15, 0.2) is 41.3 Å². The molecular formula is C31H32Cl2N4O2S. The van der Waals surface area contributed by atoms with E-state index in [1.165, 1.54) is 12.8 Å². The van der Waals surface area contributed by atoms with Crippen molar-refractivity contribution in [2.24, 2.45) is 0 Å². The summed E-state index contributed by atoms with van der Waals surface area (Å²) in [5.74, 6) is 0.525. The number of nitrogens with zero attached hydrogens (tertiary/aromatic N) is 1. The van der Waals surface area contributed by atoms with Crippen LogP contribution >= 0.6 is 35.0 Å². The molecule has 3 aliphatic rings. The molecule has 6 rings (SSSR count). The summed E-state index contributed by atoms with van der Waals surface area (Å²) >= 11 is 14.3. The summed E-state index contributed by atoms with van der Waals surface area (Å²) in [4.78, 5) is 32.9. The van der Waals surface area contributed by atoms with Crippen molar-refractivity contribution in [1.82, 2.24) is 15.2 Å². The standard InChI is InChI=1S/C31H32Cl2N4O2S/c1-17-28(34-18(2)29(17)31(39)37-12-10-20(11-13-37)35-19-6-7-19)15-23-22-14-21(8-9-27(22)36-30(23)38)40-16-24-25(32)4-3-5-26(24)33/h3-5,8-9,14-15,19-20,34-35H,6-7,10-13,16H2,1-2H3,(H,36,38)/b23-15-. The Hall–Kier alpha value is -2.71. The van der Waals surface area contributed by atoms with Gasteiger partial charge in [-0.2, -0.15) is 0 Å². The molecule has 1 saturated heterocycles. The van der Waals surface area contributed by atoms with E-state index in [1.54, 1.807) is 11.8 Å². The van der Waals surface area contributed by atoms with Crippen molar-refractivity contribution in [3.63, 3.8) is 0 Å². The highest BCUT2D eigenvalue weighted by Gasteiger charge is 2.31. The zero-order valence-corrected chi connectivity index (χ0v) is 24.9. The number of carbonyl (C=O) groups excluding carboxylic acids is 2. The van der Waals surface area contributed by atoms with Gasteiger partial charge in [-0.05, 0) is 87.1 Å². The number of amides is 2. The topological polar surface area (TPSA) is 77.2 Å². The van der Waals surface area contributed by atoms with E-state index in [0.29, 0.717) is 39.0 Å². The van der Waals surface area contributed by atoms with Gasteiger partial charge < -0.3 is 20.5 Å². The Labute approximate surface area is 248 Å². The number of carbonyl (C=O) groups is 2. The molecule has 2 amide bonds. The van der Waals surface area contributed by atoms with Crippen molar-refractivity contribution in [2.75, 3.05) is 18.4 Å². The summed E-state index contributed by atoms with van der Waals surface area (Å²) in [6.07, 6.45) is 6.40. The summed E-state index contributed by atoms with van der Waals surface area (Å²) < 4.78 is 0. The highest BCUT2D eigenvalue weighted by atomic mass is 35.5. The Bertz CT molecular complexity index is 1500. The van der Waals surface area contributed by atoms with Crippen molar-refractivity contribution in [1.29, 1.82) is 0 Å². The number of hydrogen-bond acceptors (Lipinski definition) is 4. The van der Waals surface area contributed by atoms with E-state index in [9.17, 15) is 9.59 Å². The first-order valence-corrected chi connectivity index (χ1v) is 15.5. The molecule has 0 spiro atoms. The third-order valence-corrected chi connectivity index (χ3v) is 9.76. The molecule has 3 aromatic rings. The second kappa shape index (κ2) is 11.3. The smallest absolute Gasteiger partial charge is 0.256 e. The molecular weight excluding hydrogens is 563 g/mol. The molecule has 1 saturated carbocycles. The lowest BCUT2D eigenvalue weighted by molar-refractivity contribution is -0.110. The first-order valence-electron chi connectivity index (χ1n) is 13.8. The van der Waals surface area contributed by atoms with Gasteiger partial charge in [0.05, 0.1) is 11.1 Å². The fraction of sp³-hybridized carbons (Fsp3) is 0.355. The van der Waals surface area contributed by atoms with Crippen LogP contribution in [0.1, 0.15) is 64.1 Å². The minimum Gasteiger partial charge on any atom is -0.358 e. The van der Waals surface area contributed by atoms with Crippen molar-refractivity contribution in [3.05, 3.63) is 80.1 Å². The number of nitrogens with one attached hydrogen (secondary N) is 3. The van der Waals surface area contributed by atoms with Gasteiger partial charge in [0.25, 0.3) is 11.8 Å². The fourth-order valence-electron chi connectivity index (χ4n) is 5.60. The molecule has 3 heterocycles. The van der Waals surface area contributed by atoms with Crippen LogP contribution in [0, 0.1) is 13.8 Å². The van der Waals surface area contributed by atoms with Gasteiger partial charge in [-0.25, -0.2) is 0 Å². The van der Waals surface area contributed by atoms with Gasteiger partial charge in [0, 0.05) is 68.5 Å². The molecule has 40 heavy (non-hydrogen) atoms. The van der Waals surface area contributed by atoms with Gasteiger partial charge in [-0.1, -0.05) is 29.3 Å². The Morgan fingerprint density at radius 1 is 1.07 bits per heavy atom. The zero-order valence-electron chi connectivity index (χ0n) is 22.6. The second-order valence-electron chi connectivity index (χ2n) is 10.9. The molecule has 0 bridgehead atoms. The maximum Gasteiger partial charge on any atom is 0.256 e. The highest BCUT2D eigenvalue weighted by Crippen LogP contribution is 2.39. The van der Waals surface area contributed by atoms with E-state index in [4.69, 9.17) is 23.2 Å². The number of aromatic amines is 1. The second-order valence-corrected chi connectivity index (χ2v) is 12.7. The number of benzene rings is 2. The van der Waals surface area contributed by atoms with Crippen LogP contribution in [0.25, 0.3) is 11.6 Å². The Morgan fingerprint density at radius 2 is 1.77 bits per heavy atom. The van der Waals surface area contributed by atoms with E-state index in [0.717, 1.165) is 64.6 Å². The number of aromatic nitrogens is 1. The van der Waals surface area contributed by atoms with Crippen molar-refractivity contribution >= 4 is 64.1 Å². The molecule has 6 nitrogen and oxygen atoms in total. The van der Waals surface area contributed by atoms with Crippen LogP contribution < -0.4 is 10.6 Å². The summed E-state index contributed by atoms with van der Waals surface area (Å²) in [6, 6.07) is 12.6. The number of halogens is 2. The van der Waals surface area contributed by atoms with Crippen molar-refractivity contribution in [3.8, 4) is 0 Å². The average Bonchev–Trinajstić information content (AvgIpc) is 3.63. The molecule has 0 atom stereocenters.